The number of hydrogen-bond acceptors (Lipinski definition) is 8. The van der Waals surface area contributed by atoms with E-state index in [-0.39, 0.29) is 18.1 Å². The third-order valence-corrected chi connectivity index (χ3v) is 5.92. The van der Waals surface area contributed by atoms with Crippen LogP contribution in [0, 0.1) is 27.7 Å². The molecule has 0 bridgehead atoms. The van der Waals surface area contributed by atoms with Crippen molar-refractivity contribution in [3.05, 3.63) is 50.7 Å². The molecular formula is C19H20N4O3S2. The van der Waals surface area contributed by atoms with Crippen LogP contribution in [0.25, 0.3) is 5.69 Å². The normalized spacial score (nSPS) is 10.9. The summed E-state index contributed by atoms with van der Waals surface area (Å²) >= 11 is 2.72. The standard InChI is InChI=1S/C19H20N4O3S2/c1-11-5-6-12(2)16(7-11)23-19(20-21-22-23)27-10-18(25)26-9-17(24)15-8-13(3)28-14(15)4/h5-8H,9-10H2,1-4H3. The van der Waals surface area contributed by atoms with Gasteiger partial charge >= 0.3 is 5.97 Å². The Kier molecular flexibility index (Phi) is 6.25. The van der Waals surface area contributed by atoms with Crippen LogP contribution in [0.4, 0.5) is 0 Å². The highest BCUT2D eigenvalue weighted by molar-refractivity contribution is 7.99. The van der Waals surface area contributed by atoms with Crippen molar-refractivity contribution in [2.45, 2.75) is 32.9 Å². The van der Waals surface area contributed by atoms with Crippen LogP contribution >= 0.6 is 23.1 Å². The topological polar surface area (TPSA) is 87.0 Å². The van der Waals surface area contributed by atoms with E-state index in [0.717, 1.165) is 26.6 Å². The number of esters is 1. The average molecular weight is 417 g/mol. The maximum Gasteiger partial charge on any atom is 0.316 e. The molecule has 0 atom stereocenters. The molecule has 0 aliphatic carbocycles. The van der Waals surface area contributed by atoms with Gasteiger partial charge in [-0.3, -0.25) is 9.59 Å². The largest absolute Gasteiger partial charge is 0.457 e. The van der Waals surface area contributed by atoms with Gasteiger partial charge in [-0.05, 0) is 61.4 Å². The van der Waals surface area contributed by atoms with Gasteiger partial charge in [0.05, 0.1) is 11.4 Å². The molecule has 0 amide bonds. The third-order valence-electron chi connectivity index (χ3n) is 4.06. The Hall–Kier alpha value is -2.52. The quantitative estimate of drug-likeness (QED) is 0.331. The Labute approximate surface area is 171 Å². The van der Waals surface area contributed by atoms with Gasteiger partial charge < -0.3 is 4.74 Å². The van der Waals surface area contributed by atoms with Gasteiger partial charge in [-0.25, -0.2) is 0 Å². The Bertz CT molecular complexity index is 1030. The molecule has 0 radical (unpaired) electrons. The molecule has 7 nitrogen and oxygen atoms in total. The summed E-state index contributed by atoms with van der Waals surface area (Å²) in [5.41, 5.74) is 3.58. The third kappa shape index (κ3) is 4.66. The summed E-state index contributed by atoms with van der Waals surface area (Å²) in [5.74, 6) is -0.668. The number of aromatic nitrogens is 4. The number of thiophene rings is 1. The Balaban J connectivity index is 1.59. The lowest BCUT2D eigenvalue weighted by atomic mass is 10.1. The molecule has 0 aliphatic rings. The lowest BCUT2D eigenvalue weighted by Gasteiger charge is -2.08. The molecule has 0 N–H and O–H groups in total. The van der Waals surface area contributed by atoms with Crippen LogP contribution in [0.1, 0.15) is 31.2 Å². The summed E-state index contributed by atoms with van der Waals surface area (Å²) in [5, 5.41) is 12.2. The minimum atomic E-state index is -0.488. The van der Waals surface area contributed by atoms with Crippen LogP contribution in [-0.4, -0.2) is 44.3 Å². The number of ketones is 1. The number of Topliss-reactive ketones (excluding diaryl/α,β-unsaturated/α-hetero) is 1. The fraction of sp³-hybridized carbons (Fsp3) is 0.316. The fourth-order valence-electron chi connectivity index (χ4n) is 2.66. The summed E-state index contributed by atoms with van der Waals surface area (Å²) < 4.78 is 6.73. The highest BCUT2D eigenvalue weighted by Gasteiger charge is 2.17. The first-order valence-electron chi connectivity index (χ1n) is 8.60. The van der Waals surface area contributed by atoms with Gasteiger partial charge in [-0.1, -0.05) is 23.9 Å². The molecule has 0 unspecified atom stereocenters. The number of benzene rings is 1. The summed E-state index contributed by atoms with van der Waals surface area (Å²) in [6, 6.07) is 7.82. The van der Waals surface area contributed by atoms with Crippen molar-refractivity contribution in [2.24, 2.45) is 0 Å². The zero-order valence-corrected chi connectivity index (χ0v) is 17.7. The molecule has 2 aromatic heterocycles. The first-order chi connectivity index (χ1) is 13.3. The van der Waals surface area contributed by atoms with Gasteiger partial charge in [0.1, 0.15) is 0 Å². The molecule has 0 saturated heterocycles. The van der Waals surface area contributed by atoms with Crippen molar-refractivity contribution in [1.82, 2.24) is 20.2 Å². The predicted octanol–water partition coefficient (Wildman–Crippen LogP) is 3.48. The van der Waals surface area contributed by atoms with Gasteiger partial charge in [0.15, 0.2) is 6.61 Å². The monoisotopic (exact) mass is 416 g/mol. The summed E-state index contributed by atoms with van der Waals surface area (Å²) in [6.45, 7) is 7.52. The van der Waals surface area contributed by atoms with E-state index >= 15 is 0 Å². The molecule has 9 heteroatoms. The summed E-state index contributed by atoms with van der Waals surface area (Å²) in [6.07, 6.45) is 0. The predicted molar refractivity (Wildman–Crippen MR) is 108 cm³/mol. The number of tetrazole rings is 1. The van der Waals surface area contributed by atoms with Crippen molar-refractivity contribution < 1.29 is 14.3 Å². The Morgan fingerprint density at radius 2 is 1.96 bits per heavy atom. The minimum Gasteiger partial charge on any atom is -0.457 e. The van der Waals surface area contributed by atoms with Crippen molar-refractivity contribution in [3.63, 3.8) is 0 Å². The lowest BCUT2D eigenvalue weighted by Crippen LogP contribution is -2.16. The summed E-state index contributed by atoms with van der Waals surface area (Å²) in [7, 11) is 0. The van der Waals surface area contributed by atoms with Crippen LogP contribution in [0.5, 0.6) is 0 Å². The van der Waals surface area contributed by atoms with Crippen LogP contribution in [0.2, 0.25) is 0 Å². The van der Waals surface area contributed by atoms with E-state index in [9.17, 15) is 9.59 Å². The lowest BCUT2D eigenvalue weighted by molar-refractivity contribution is -0.139. The molecule has 0 fully saturated rings. The van der Waals surface area contributed by atoms with E-state index in [4.69, 9.17) is 4.74 Å². The molecule has 0 spiro atoms. The second kappa shape index (κ2) is 8.66. The summed E-state index contributed by atoms with van der Waals surface area (Å²) in [4.78, 5) is 26.3. The number of ether oxygens (including phenoxy) is 1. The van der Waals surface area contributed by atoms with Gasteiger partial charge in [0.2, 0.25) is 10.9 Å². The van der Waals surface area contributed by atoms with Crippen molar-refractivity contribution in [2.75, 3.05) is 12.4 Å². The van der Waals surface area contributed by atoms with Crippen LogP contribution < -0.4 is 0 Å². The van der Waals surface area contributed by atoms with E-state index in [1.807, 2.05) is 52.0 Å². The van der Waals surface area contributed by atoms with E-state index in [1.165, 1.54) is 11.8 Å². The van der Waals surface area contributed by atoms with E-state index in [1.54, 1.807) is 16.0 Å². The second-order valence-corrected chi connectivity index (χ2v) is 8.77. The van der Waals surface area contributed by atoms with Gasteiger partial charge in [0, 0.05) is 15.3 Å². The number of nitrogens with zero attached hydrogens (tertiary/aromatic N) is 4. The smallest absolute Gasteiger partial charge is 0.316 e. The van der Waals surface area contributed by atoms with Gasteiger partial charge in [-0.15, -0.1) is 16.4 Å². The van der Waals surface area contributed by atoms with E-state index < -0.39 is 5.97 Å². The average Bonchev–Trinajstić information content (AvgIpc) is 3.25. The molecule has 0 saturated carbocycles. The maximum atomic E-state index is 12.2. The number of hydrogen-bond donors (Lipinski definition) is 0. The number of carbonyl (C=O) groups excluding carboxylic acids is 2. The van der Waals surface area contributed by atoms with Crippen molar-refractivity contribution in [3.8, 4) is 5.69 Å². The highest BCUT2D eigenvalue weighted by Crippen LogP contribution is 2.23. The van der Waals surface area contributed by atoms with Crippen LogP contribution in [-0.2, 0) is 9.53 Å². The number of thioether (sulfide) groups is 1. The first-order valence-corrected chi connectivity index (χ1v) is 10.4. The first kappa shape index (κ1) is 20.2. The molecule has 1 aromatic carbocycles. The van der Waals surface area contributed by atoms with Crippen LogP contribution in [0.3, 0.4) is 0 Å². The molecule has 3 aromatic rings. The molecule has 3 rings (SSSR count). The zero-order chi connectivity index (χ0) is 20.3. The Morgan fingerprint density at radius 1 is 1.18 bits per heavy atom. The molecule has 2 heterocycles. The number of rotatable bonds is 7. The van der Waals surface area contributed by atoms with Gasteiger partial charge in [0.25, 0.3) is 0 Å². The zero-order valence-electron chi connectivity index (χ0n) is 16.1. The SMILES string of the molecule is Cc1ccc(C)c(-n2nnnc2SCC(=O)OCC(=O)c2cc(C)sc2C)c1. The van der Waals surface area contributed by atoms with Gasteiger partial charge in [-0.2, -0.15) is 4.68 Å². The molecule has 28 heavy (non-hydrogen) atoms. The van der Waals surface area contributed by atoms with Crippen molar-refractivity contribution >= 4 is 34.9 Å². The van der Waals surface area contributed by atoms with Crippen molar-refractivity contribution in [1.29, 1.82) is 0 Å². The minimum absolute atomic E-state index is 0.0141. The molecular weight excluding hydrogens is 396 g/mol. The van der Waals surface area contributed by atoms with E-state index in [0.29, 0.717) is 10.7 Å². The highest BCUT2D eigenvalue weighted by atomic mass is 32.2. The molecule has 146 valence electrons. The number of aryl methyl sites for hydroxylation is 4. The van der Waals surface area contributed by atoms with E-state index in [2.05, 4.69) is 15.5 Å². The number of carbonyl (C=O) groups is 2. The maximum absolute atomic E-state index is 12.2. The Morgan fingerprint density at radius 3 is 2.68 bits per heavy atom. The molecule has 0 aliphatic heterocycles. The fourth-order valence-corrected chi connectivity index (χ4v) is 4.29. The van der Waals surface area contributed by atoms with Crippen LogP contribution in [0.15, 0.2) is 29.4 Å². The second-order valence-electron chi connectivity index (χ2n) is 6.36.